The molecule has 1 N–H and O–H groups in total. The molecule has 0 aromatic rings. The van der Waals surface area contributed by atoms with Crippen molar-refractivity contribution in [2.75, 3.05) is 25.5 Å². The summed E-state index contributed by atoms with van der Waals surface area (Å²) < 4.78 is 6.11. The number of thioether (sulfide) groups is 1. The molecule has 16 heavy (non-hydrogen) atoms. The van der Waals surface area contributed by atoms with Gasteiger partial charge in [-0.1, -0.05) is 6.92 Å². The van der Waals surface area contributed by atoms with Crippen LogP contribution in [0.15, 0.2) is 0 Å². The Morgan fingerprint density at radius 2 is 2.38 bits per heavy atom. The minimum absolute atomic E-state index is 0.446. The summed E-state index contributed by atoms with van der Waals surface area (Å²) in [7, 11) is 0. The van der Waals surface area contributed by atoms with Crippen LogP contribution in [0.3, 0.4) is 0 Å². The maximum Gasteiger partial charge on any atom is 0.0509 e. The second-order valence-corrected chi connectivity index (χ2v) is 6.91. The van der Waals surface area contributed by atoms with Crippen LogP contribution in [0, 0.1) is 5.92 Å². The molecule has 2 aliphatic rings. The quantitative estimate of drug-likeness (QED) is 0.820. The van der Waals surface area contributed by atoms with E-state index in [1.54, 1.807) is 0 Å². The van der Waals surface area contributed by atoms with Crippen LogP contribution in [0.2, 0.25) is 0 Å². The van der Waals surface area contributed by atoms with Crippen molar-refractivity contribution < 1.29 is 4.74 Å². The zero-order valence-electron chi connectivity index (χ0n) is 10.6. The van der Waals surface area contributed by atoms with Crippen LogP contribution in [0.25, 0.3) is 0 Å². The summed E-state index contributed by atoms with van der Waals surface area (Å²) in [6.45, 7) is 7.69. The molecule has 0 spiro atoms. The molecule has 2 nitrogen and oxygen atoms in total. The number of ether oxygens (including phenoxy) is 1. The molecule has 2 aliphatic heterocycles. The molecule has 3 atom stereocenters. The van der Waals surface area contributed by atoms with E-state index in [0.717, 1.165) is 25.7 Å². The van der Waals surface area contributed by atoms with E-state index in [1.165, 1.54) is 31.4 Å². The van der Waals surface area contributed by atoms with Crippen molar-refractivity contribution in [2.24, 2.45) is 5.92 Å². The molecule has 0 saturated carbocycles. The molecule has 0 aromatic heterocycles. The fourth-order valence-corrected chi connectivity index (χ4v) is 4.67. The highest BCUT2D eigenvalue weighted by molar-refractivity contribution is 8.00. The van der Waals surface area contributed by atoms with Gasteiger partial charge in [0, 0.05) is 17.4 Å². The summed E-state index contributed by atoms with van der Waals surface area (Å²) in [4.78, 5) is 0. The summed E-state index contributed by atoms with van der Waals surface area (Å²) in [6, 6.07) is 0.644. The standard InChI is InChI=1S/C13H25NOS/c1-3-14-12(11-6-4-8-15-10-11)13(2)7-5-9-16-13/h11-12,14H,3-10H2,1-2H3. The zero-order valence-corrected chi connectivity index (χ0v) is 11.4. The Hall–Kier alpha value is 0.270. The predicted molar refractivity (Wildman–Crippen MR) is 71.1 cm³/mol. The first-order chi connectivity index (χ1) is 7.76. The minimum Gasteiger partial charge on any atom is -0.381 e. The Kier molecular flexibility index (Phi) is 4.57. The highest BCUT2D eigenvalue weighted by atomic mass is 32.2. The Balaban J connectivity index is 2.02. The number of hydrogen-bond acceptors (Lipinski definition) is 3. The van der Waals surface area contributed by atoms with Crippen molar-refractivity contribution in [1.29, 1.82) is 0 Å². The number of hydrogen-bond donors (Lipinski definition) is 1. The molecular formula is C13H25NOS. The van der Waals surface area contributed by atoms with Gasteiger partial charge in [0.05, 0.1) is 6.61 Å². The molecule has 3 heteroatoms. The van der Waals surface area contributed by atoms with E-state index in [2.05, 4.69) is 30.9 Å². The van der Waals surface area contributed by atoms with E-state index in [4.69, 9.17) is 4.74 Å². The SMILES string of the molecule is CCNC(C1CCCOC1)C1(C)CCCS1. The molecule has 3 unspecified atom stereocenters. The van der Waals surface area contributed by atoms with Gasteiger partial charge in [-0.3, -0.25) is 0 Å². The van der Waals surface area contributed by atoms with Gasteiger partial charge < -0.3 is 10.1 Å². The molecule has 0 aliphatic carbocycles. The second-order valence-electron chi connectivity index (χ2n) is 5.28. The summed E-state index contributed by atoms with van der Waals surface area (Å²) in [6.07, 6.45) is 5.34. The van der Waals surface area contributed by atoms with Gasteiger partial charge in [0.25, 0.3) is 0 Å². The van der Waals surface area contributed by atoms with Crippen LogP contribution in [0.1, 0.15) is 39.5 Å². The van der Waals surface area contributed by atoms with Crippen LogP contribution in [-0.2, 0) is 4.74 Å². The van der Waals surface area contributed by atoms with Crippen LogP contribution < -0.4 is 5.32 Å². The van der Waals surface area contributed by atoms with E-state index in [0.29, 0.717) is 10.8 Å². The third-order valence-corrected chi connectivity index (χ3v) is 5.61. The summed E-state index contributed by atoms with van der Waals surface area (Å²) in [5.74, 6) is 2.07. The van der Waals surface area contributed by atoms with E-state index in [1.807, 2.05) is 0 Å². The predicted octanol–water partition coefficient (Wildman–Crippen LogP) is 2.68. The van der Waals surface area contributed by atoms with Crippen LogP contribution in [0.5, 0.6) is 0 Å². The first-order valence-corrected chi connectivity index (χ1v) is 7.70. The van der Waals surface area contributed by atoms with Gasteiger partial charge in [0.15, 0.2) is 0 Å². The highest BCUT2D eigenvalue weighted by Crippen LogP contribution is 2.43. The van der Waals surface area contributed by atoms with Crippen molar-refractivity contribution in [3.05, 3.63) is 0 Å². The summed E-state index contributed by atoms with van der Waals surface area (Å²) >= 11 is 2.17. The van der Waals surface area contributed by atoms with Gasteiger partial charge in [-0.25, -0.2) is 0 Å². The average molecular weight is 243 g/mol. The van der Waals surface area contributed by atoms with E-state index < -0.39 is 0 Å². The van der Waals surface area contributed by atoms with Gasteiger partial charge in [0.2, 0.25) is 0 Å². The lowest BCUT2D eigenvalue weighted by Gasteiger charge is -2.41. The Morgan fingerprint density at radius 1 is 1.50 bits per heavy atom. The average Bonchev–Trinajstić information content (AvgIpc) is 2.75. The molecule has 0 amide bonds. The minimum atomic E-state index is 0.446. The lowest BCUT2D eigenvalue weighted by molar-refractivity contribution is 0.0335. The first-order valence-electron chi connectivity index (χ1n) is 6.71. The van der Waals surface area contributed by atoms with E-state index in [-0.39, 0.29) is 0 Å². The number of nitrogens with one attached hydrogen (secondary N) is 1. The molecule has 2 fully saturated rings. The second kappa shape index (κ2) is 5.74. The van der Waals surface area contributed by atoms with Crippen molar-refractivity contribution in [1.82, 2.24) is 5.32 Å². The monoisotopic (exact) mass is 243 g/mol. The zero-order chi connectivity index (χ0) is 11.4. The van der Waals surface area contributed by atoms with Crippen molar-refractivity contribution >= 4 is 11.8 Å². The van der Waals surface area contributed by atoms with Crippen molar-refractivity contribution in [2.45, 2.75) is 50.3 Å². The molecule has 0 aromatic carbocycles. The molecule has 2 saturated heterocycles. The molecule has 0 bridgehead atoms. The lowest BCUT2D eigenvalue weighted by atomic mass is 9.83. The Bertz CT molecular complexity index is 210. The van der Waals surface area contributed by atoms with Crippen molar-refractivity contribution in [3.8, 4) is 0 Å². The first kappa shape index (κ1) is 12.7. The number of rotatable bonds is 4. The Morgan fingerprint density at radius 3 is 2.94 bits per heavy atom. The van der Waals surface area contributed by atoms with E-state index >= 15 is 0 Å². The van der Waals surface area contributed by atoms with Crippen molar-refractivity contribution in [3.63, 3.8) is 0 Å². The summed E-state index contributed by atoms with van der Waals surface area (Å²) in [5.41, 5.74) is 0. The van der Waals surface area contributed by atoms with Gasteiger partial charge in [-0.05, 0) is 50.8 Å². The maximum absolute atomic E-state index is 5.66. The third kappa shape index (κ3) is 2.74. The highest BCUT2D eigenvalue weighted by Gasteiger charge is 2.41. The van der Waals surface area contributed by atoms with Crippen LogP contribution in [0.4, 0.5) is 0 Å². The van der Waals surface area contributed by atoms with Gasteiger partial charge >= 0.3 is 0 Å². The van der Waals surface area contributed by atoms with Gasteiger partial charge in [-0.2, -0.15) is 11.8 Å². The topological polar surface area (TPSA) is 21.3 Å². The fraction of sp³-hybridized carbons (Fsp3) is 1.00. The third-order valence-electron chi connectivity index (χ3n) is 4.00. The van der Waals surface area contributed by atoms with Gasteiger partial charge in [-0.15, -0.1) is 0 Å². The van der Waals surface area contributed by atoms with Crippen LogP contribution in [-0.4, -0.2) is 36.3 Å². The lowest BCUT2D eigenvalue weighted by Crippen LogP contribution is -2.52. The van der Waals surface area contributed by atoms with Gasteiger partial charge in [0.1, 0.15) is 0 Å². The molecule has 0 radical (unpaired) electrons. The maximum atomic E-state index is 5.66. The molecule has 94 valence electrons. The molecular weight excluding hydrogens is 218 g/mol. The fourth-order valence-electron chi connectivity index (χ4n) is 3.18. The smallest absolute Gasteiger partial charge is 0.0509 e. The van der Waals surface area contributed by atoms with Crippen LogP contribution >= 0.6 is 11.8 Å². The summed E-state index contributed by atoms with van der Waals surface area (Å²) in [5, 5.41) is 3.73. The van der Waals surface area contributed by atoms with E-state index in [9.17, 15) is 0 Å². The Labute approximate surface area is 104 Å². The normalized spacial score (nSPS) is 37.5. The molecule has 2 rings (SSSR count). The largest absolute Gasteiger partial charge is 0.381 e. The molecule has 2 heterocycles.